The average molecular weight is 282 g/mol. The summed E-state index contributed by atoms with van der Waals surface area (Å²) in [7, 11) is 0. The van der Waals surface area contributed by atoms with Gasteiger partial charge >= 0.3 is 5.97 Å². The monoisotopic (exact) mass is 282 g/mol. The summed E-state index contributed by atoms with van der Waals surface area (Å²) in [5, 5.41) is 9.57. The summed E-state index contributed by atoms with van der Waals surface area (Å²) in [4.78, 5) is 18.1. The van der Waals surface area contributed by atoms with Crippen LogP contribution in [0.4, 0.5) is 11.4 Å². The second kappa shape index (κ2) is 4.88. The van der Waals surface area contributed by atoms with Gasteiger partial charge in [0.1, 0.15) is 5.56 Å². The number of anilines is 2. The van der Waals surface area contributed by atoms with Crippen LogP contribution in [0.1, 0.15) is 34.2 Å². The van der Waals surface area contributed by atoms with E-state index in [4.69, 9.17) is 0 Å². The number of hydrogen-bond donors (Lipinski definition) is 1. The van der Waals surface area contributed by atoms with Crippen LogP contribution in [0, 0.1) is 13.8 Å². The molecule has 0 aliphatic carbocycles. The predicted molar refractivity (Wildman–Crippen MR) is 82.4 cm³/mol. The van der Waals surface area contributed by atoms with E-state index in [2.05, 4.69) is 28.9 Å². The molecular formula is C17H18N2O2. The first kappa shape index (κ1) is 13.6. The summed E-state index contributed by atoms with van der Waals surface area (Å²) in [6.07, 6.45) is 0.926. The van der Waals surface area contributed by atoms with Gasteiger partial charge in [-0.05, 0) is 44.9 Å². The number of nitrogens with zero attached hydrogens (tertiary/aromatic N) is 2. The van der Waals surface area contributed by atoms with Crippen LogP contribution in [0.3, 0.4) is 0 Å². The van der Waals surface area contributed by atoms with Gasteiger partial charge in [-0.3, -0.25) is 4.98 Å². The fraction of sp³-hybridized carbons (Fsp3) is 0.294. The van der Waals surface area contributed by atoms with E-state index >= 15 is 0 Å². The molecule has 1 aliphatic heterocycles. The number of carbonyl (C=O) groups is 1. The molecule has 0 spiro atoms. The topological polar surface area (TPSA) is 53.4 Å². The third kappa shape index (κ3) is 2.17. The average Bonchev–Trinajstić information content (AvgIpc) is 2.72. The van der Waals surface area contributed by atoms with E-state index in [1.54, 1.807) is 6.92 Å². The quantitative estimate of drug-likeness (QED) is 0.916. The van der Waals surface area contributed by atoms with Gasteiger partial charge in [0.05, 0.1) is 11.4 Å². The molecule has 1 aliphatic rings. The maximum absolute atomic E-state index is 11.7. The van der Waals surface area contributed by atoms with Crippen LogP contribution in [-0.2, 0) is 6.42 Å². The lowest BCUT2D eigenvalue weighted by molar-refractivity contribution is 0.0696. The number of aromatic carboxylic acids is 1. The van der Waals surface area contributed by atoms with Gasteiger partial charge in [0.25, 0.3) is 0 Å². The van der Waals surface area contributed by atoms with Gasteiger partial charge in [-0.1, -0.05) is 18.2 Å². The second-order valence-electron chi connectivity index (χ2n) is 5.60. The molecule has 4 heteroatoms. The van der Waals surface area contributed by atoms with Gasteiger partial charge in [0, 0.05) is 17.4 Å². The van der Waals surface area contributed by atoms with E-state index in [0.717, 1.165) is 23.5 Å². The number of fused-ring (bicyclic) bond motifs is 1. The molecule has 1 atom stereocenters. The van der Waals surface area contributed by atoms with Crippen molar-refractivity contribution >= 4 is 17.3 Å². The van der Waals surface area contributed by atoms with Crippen molar-refractivity contribution in [3.63, 3.8) is 0 Å². The van der Waals surface area contributed by atoms with Crippen LogP contribution < -0.4 is 4.90 Å². The molecule has 21 heavy (non-hydrogen) atoms. The highest BCUT2D eigenvalue weighted by atomic mass is 16.4. The minimum Gasteiger partial charge on any atom is -0.478 e. The molecule has 0 saturated heterocycles. The molecule has 2 heterocycles. The number of carboxylic acids is 1. The van der Waals surface area contributed by atoms with E-state index < -0.39 is 5.97 Å². The summed E-state index contributed by atoms with van der Waals surface area (Å²) >= 11 is 0. The van der Waals surface area contributed by atoms with E-state index in [9.17, 15) is 9.90 Å². The SMILES string of the molecule is Cc1cc(N2c3ccccc3CC2C)c(C(=O)O)c(C)n1. The molecule has 2 aromatic rings. The first-order valence-electron chi connectivity index (χ1n) is 7.07. The van der Waals surface area contributed by atoms with Gasteiger partial charge in [-0.25, -0.2) is 4.79 Å². The van der Waals surface area contributed by atoms with Crippen molar-refractivity contribution < 1.29 is 9.90 Å². The number of carboxylic acid groups (broad SMARTS) is 1. The summed E-state index contributed by atoms with van der Waals surface area (Å²) in [5.41, 5.74) is 4.79. The Balaban J connectivity index is 2.23. The Morgan fingerprint density at radius 3 is 2.71 bits per heavy atom. The molecule has 1 unspecified atom stereocenters. The number of aryl methyl sites for hydroxylation is 2. The lowest BCUT2D eigenvalue weighted by atomic mass is 10.1. The van der Waals surface area contributed by atoms with Crippen LogP contribution in [0.2, 0.25) is 0 Å². The smallest absolute Gasteiger partial charge is 0.339 e. The molecule has 0 bridgehead atoms. The zero-order chi connectivity index (χ0) is 15.1. The number of para-hydroxylation sites is 1. The van der Waals surface area contributed by atoms with Gasteiger partial charge < -0.3 is 10.0 Å². The van der Waals surface area contributed by atoms with Crippen LogP contribution in [0.15, 0.2) is 30.3 Å². The molecule has 1 aromatic heterocycles. The Labute approximate surface area is 124 Å². The molecule has 3 rings (SSSR count). The Hall–Kier alpha value is -2.36. The molecule has 0 amide bonds. The molecule has 0 fully saturated rings. The van der Waals surface area contributed by atoms with Crippen LogP contribution in [-0.4, -0.2) is 22.1 Å². The summed E-state index contributed by atoms with van der Waals surface area (Å²) in [6, 6.07) is 10.3. The van der Waals surface area contributed by atoms with Crippen molar-refractivity contribution in [3.05, 3.63) is 52.8 Å². The minimum atomic E-state index is -0.924. The summed E-state index contributed by atoms with van der Waals surface area (Å²) < 4.78 is 0. The lowest BCUT2D eigenvalue weighted by Crippen LogP contribution is -2.26. The second-order valence-corrected chi connectivity index (χ2v) is 5.60. The fourth-order valence-electron chi connectivity index (χ4n) is 3.20. The van der Waals surface area contributed by atoms with Gasteiger partial charge in [0.2, 0.25) is 0 Å². The summed E-state index contributed by atoms with van der Waals surface area (Å²) in [5.74, 6) is -0.924. The van der Waals surface area contributed by atoms with Crippen molar-refractivity contribution in [2.24, 2.45) is 0 Å². The molecule has 1 aromatic carbocycles. The minimum absolute atomic E-state index is 0.238. The van der Waals surface area contributed by atoms with E-state index in [0.29, 0.717) is 11.3 Å². The van der Waals surface area contributed by atoms with Gasteiger partial charge in [-0.2, -0.15) is 0 Å². The number of hydrogen-bond acceptors (Lipinski definition) is 3. The number of benzene rings is 1. The maximum Gasteiger partial charge on any atom is 0.339 e. The third-order valence-corrected chi connectivity index (χ3v) is 3.99. The Morgan fingerprint density at radius 1 is 1.29 bits per heavy atom. The fourth-order valence-corrected chi connectivity index (χ4v) is 3.20. The summed E-state index contributed by atoms with van der Waals surface area (Å²) in [6.45, 7) is 5.78. The molecule has 108 valence electrons. The largest absolute Gasteiger partial charge is 0.478 e. The van der Waals surface area contributed by atoms with Crippen LogP contribution >= 0.6 is 0 Å². The first-order chi connectivity index (χ1) is 9.99. The normalized spacial score (nSPS) is 16.9. The molecule has 1 N–H and O–H groups in total. The van der Waals surface area contributed by atoms with E-state index in [1.807, 2.05) is 25.1 Å². The Morgan fingerprint density at radius 2 is 2.00 bits per heavy atom. The predicted octanol–water partition coefficient (Wildman–Crippen LogP) is 3.48. The highest BCUT2D eigenvalue weighted by Gasteiger charge is 2.30. The Kier molecular flexibility index (Phi) is 3.16. The van der Waals surface area contributed by atoms with E-state index in [1.165, 1.54) is 5.56 Å². The molecule has 4 nitrogen and oxygen atoms in total. The zero-order valence-electron chi connectivity index (χ0n) is 12.4. The van der Waals surface area contributed by atoms with Crippen molar-refractivity contribution in [1.29, 1.82) is 0 Å². The molecular weight excluding hydrogens is 264 g/mol. The first-order valence-corrected chi connectivity index (χ1v) is 7.07. The van der Waals surface area contributed by atoms with Gasteiger partial charge in [0.15, 0.2) is 0 Å². The lowest BCUT2D eigenvalue weighted by Gasteiger charge is -2.27. The van der Waals surface area contributed by atoms with Crippen LogP contribution in [0.5, 0.6) is 0 Å². The molecule has 0 saturated carbocycles. The Bertz CT molecular complexity index is 725. The standard InChI is InChI=1S/C17H18N2O2/c1-10-8-15(16(17(20)21)12(3)18-10)19-11(2)9-13-6-4-5-7-14(13)19/h4-8,11H,9H2,1-3H3,(H,20,21). The zero-order valence-corrected chi connectivity index (χ0v) is 12.4. The maximum atomic E-state index is 11.7. The van der Waals surface area contributed by atoms with Crippen LogP contribution in [0.25, 0.3) is 0 Å². The van der Waals surface area contributed by atoms with Gasteiger partial charge in [-0.15, -0.1) is 0 Å². The molecule has 0 radical (unpaired) electrons. The number of aromatic nitrogens is 1. The van der Waals surface area contributed by atoms with E-state index in [-0.39, 0.29) is 6.04 Å². The highest BCUT2D eigenvalue weighted by molar-refractivity contribution is 5.97. The third-order valence-electron chi connectivity index (χ3n) is 3.99. The van der Waals surface area contributed by atoms with Crippen molar-refractivity contribution in [2.75, 3.05) is 4.90 Å². The highest BCUT2D eigenvalue weighted by Crippen LogP contribution is 2.40. The number of pyridine rings is 1. The van der Waals surface area contributed by atoms with Crippen molar-refractivity contribution in [2.45, 2.75) is 33.2 Å². The van der Waals surface area contributed by atoms with Crippen molar-refractivity contribution in [3.8, 4) is 0 Å². The number of rotatable bonds is 2. The van der Waals surface area contributed by atoms with Crippen molar-refractivity contribution in [1.82, 2.24) is 4.98 Å².